The van der Waals surface area contributed by atoms with Gasteiger partial charge in [0.2, 0.25) is 0 Å². The van der Waals surface area contributed by atoms with Crippen molar-refractivity contribution in [2.75, 3.05) is 18.5 Å². The molecule has 3 nitrogen and oxygen atoms in total. The van der Waals surface area contributed by atoms with E-state index in [1.807, 2.05) is 0 Å². The van der Waals surface area contributed by atoms with Gasteiger partial charge in [-0.2, -0.15) is 5.26 Å². The van der Waals surface area contributed by atoms with Crippen molar-refractivity contribution in [3.63, 3.8) is 0 Å². The predicted octanol–water partition coefficient (Wildman–Crippen LogP) is 1.49. The Labute approximate surface area is 81.8 Å². The summed E-state index contributed by atoms with van der Waals surface area (Å²) >= 11 is 0. The normalized spacial score (nSPS) is 9.50. The predicted molar refractivity (Wildman–Crippen MR) is 51.3 cm³/mol. The van der Waals surface area contributed by atoms with Crippen LogP contribution < -0.4 is 5.32 Å². The molecule has 14 heavy (non-hydrogen) atoms. The number of nitrogens with one attached hydrogen (secondary N) is 1. The lowest BCUT2D eigenvalue weighted by Gasteiger charge is -2.07. The molecule has 0 aliphatic carbocycles. The number of aliphatic hydroxyl groups excluding tert-OH is 1. The van der Waals surface area contributed by atoms with Gasteiger partial charge in [0.05, 0.1) is 5.69 Å². The Morgan fingerprint density at radius 1 is 1.50 bits per heavy atom. The number of benzene rings is 1. The number of nitriles is 1. The molecule has 1 aromatic rings. The molecule has 4 heteroatoms. The van der Waals surface area contributed by atoms with E-state index >= 15 is 0 Å². The van der Waals surface area contributed by atoms with Crippen molar-refractivity contribution < 1.29 is 9.50 Å². The van der Waals surface area contributed by atoms with Crippen LogP contribution in [0.2, 0.25) is 0 Å². The van der Waals surface area contributed by atoms with Crippen molar-refractivity contribution in [1.82, 2.24) is 0 Å². The Balaban J connectivity index is 2.76. The van der Waals surface area contributed by atoms with Gasteiger partial charge in [0.1, 0.15) is 17.4 Å². The summed E-state index contributed by atoms with van der Waals surface area (Å²) in [6.45, 7) is 0.596. The number of aliphatic hydroxyl groups is 1. The van der Waals surface area contributed by atoms with Gasteiger partial charge in [0.25, 0.3) is 0 Å². The Morgan fingerprint density at radius 2 is 2.29 bits per heavy atom. The van der Waals surface area contributed by atoms with Gasteiger partial charge in [-0.3, -0.25) is 0 Å². The Kier molecular flexibility index (Phi) is 3.89. The minimum atomic E-state index is -0.526. The molecule has 0 radical (unpaired) electrons. The summed E-state index contributed by atoms with van der Waals surface area (Å²) in [7, 11) is 0. The van der Waals surface area contributed by atoms with Gasteiger partial charge >= 0.3 is 0 Å². The molecule has 0 unspecified atom stereocenters. The topological polar surface area (TPSA) is 56.0 Å². The first-order valence-electron chi connectivity index (χ1n) is 4.33. The summed E-state index contributed by atoms with van der Waals surface area (Å²) < 4.78 is 13.0. The summed E-state index contributed by atoms with van der Waals surface area (Å²) in [4.78, 5) is 0. The molecular weight excluding hydrogens is 183 g/mol. The zero-order chi connectivity index (χ0) is 10.4. The maximum atomic E-state index is 13.0. The van der Waals surface area contributed by atoms with Crippen LogP contribution in [0.25, 0.3) is 0 Å². The van der Waals surface area contributed by atoms with Crippen molar-refractivity contribution in [1.29, 1.82) is 5.26 Å². The molecule has 2 N–H and O–H groups in total. The van der Waals surface area contributed by atoms with Crippen molar-refractivity contribution >= 4 is 5.69 Å². The third-order valence-corrected chi connectivity index (χ3v) is 1.78. The second kappa shape index (κ2) is 5.20. The number of anilines is 1. The molecule has 0 atom stereocenters. The lowest BCUT2D eigenvalue weighted by molar-refractivity contribution is 0.292. The largest absolute Gasteiger partial charge is 0.396 e. The molecular formula is C10H11FN2O. The average Bonchev–Trinajstić information content (AvgIpc) is 2.18. The monoisotopic (exact) mass is 194 g/mol. The second-order valence-electron chi connectivity index (χ2n) is 2.78. The fourth-order valence-corrected chi connectivity index (χ4v) is 1.09. The molecule has 0 saturated heterocycles. The first kappa shape index (κ1) is 10.5. The van der Waals surface area contributed by atoms with Gasteiger partial charge in [0, 0.05) is 13.2 Å². The number of nitrogens with zero attached hydrogens (tertiary/aromatic N) is 1. The van der Waals surface area contributed by atoms with Gasteiger partial charge in [-0.15, -0.1) is 0 Å². The number of hydrogen-bond donors (Lipinski definition) is 2. The SMILES string of the molecule is N#Cc1c(F)cccc1NCCCO. The molecule has 0 bridgehead atoms. The van der Waals surface area contributed by atoms with E-state index in [0.29, 0.717) is 18.7 Å². The highest BCUT2D eigenvalue weighted by molar-refractivity contribution is 5.57. The molecule has 74 valence electrons. The van der Waals surface area contributed by atoms with E-state index in [4.69, 9.17) is 10.4 Å². The van der Waals surface area contributed by atoms with E-state index in [-0.39, 0.29) is 12.2 Å². The number of halogens is 1. The zero-order valence-electron chi connectivity index (χ0n) is 7.63. The standard InChI is InChI=1S/C10H11FN2O/c11-9-3-1-4-10(8(9)7-12)13-5-2-6-14/h1,3-4,13-14H,2,5-6H2. The summed E-state index contributed by atoms with van der Waals surface area (Å²) in [5, 5.41) is 20.1. The van der Waals surface area contributed by atoms with E-state index in [0.717, 1.165) is 0 Å². The van der Waals surface area contributed by atoms with Crippen LogP contribution in [-0.4, -0.2) is 18.3 Å². The molecule has 1 aromatic carbocycles. The van der Waals surface area contributed by atoms with Crippen LogP contribution in [0.1, 0.15) is 12.0 Å². The van der Waals surface area contributed by atoms with Gasteiger partial charge in [-0.25, -0.2) is 4.39 Å². The van der Waals surface area contributed by atoms with Crippen LogP contribution in [0.4, 0.5) is 10.1 Å². The van der Waals surface area contributed by atoms with Crippen LogP contribution in [0.3, 0.4) is 0 Å². The third-order valence-electron chi connectivity index (χ3n) is 1.78. The van der Waals surface area contributed by atoms with Gasteiger partial charge < -0.3 is 10.4 Å². The minimum Gasteiger partial charge on any atom is -0.396 e. The highest BCUT2D eigenvalue weighted by Gasteiger charge is 2.05. The van der Waals surface area contributed by atoms with Crippen molar-refractivity contribution in [3.8, 4) is 6.07 Å². The molecule has 0 amide bonds. The third kappa shape index (κ3) is 2.44. The lowest BCUT2D eigenvalue weighted by Crippen LogP contribution is -2.05. The van der Waals surface area contributed by atoms with Crippen LogP contribution in [0.15, 0.2) is 18.2 Å². The molecule has 0 fully saturated rings. The van der Waals surface area contributed by atoms with Crippen LogP contribution in [0.5, 0.6) is 0 Å². The molecule has 0 aliphatic rings. The maximum Gasteiger partial charge on any atom is 0.143 e. The molecule has 0 saturated carbocycles. The van der Waals surface area contributed by atoms with Gasteiger partial charge in [-0.1, -0.05) is 6.07 Å². The fraction of sp³-hybridized carbons (Fsp3) is 0.300. The summed E-state index contributed by atoms with van der Waals surface area (Å²) in [6, 6.07) is 6.21. The number of rotatable bonds is 4. The average molecular weight is 194 g/mol. The van der Waals surface area contributed by atoms with E-state index in [1.165, 1.54) is 12.1 Å². The quantitative estimate of drug-likeness (QED) is 0.714. The molecule has 0 aliphatic heterocycles. The summed E-state index contributed by atoms with van der Waals surface area (Å²) in [5.74, 6) is -0.526. The molecule has 0 aromatic heterocycles. The van der Waals surface area contributed by atoms with Crippen LogP contribution in [-0.2, 0) is 0 Å². The van der Waals surface area contributed by atoms with E-state index in [1.54, 1.807) is 12.1 Å². The molecule has 1 rings (SSSR count). The van der Waals surface area contributed by atoms with Gasteiger partial charge in [-0.05, 0) is 18.6 Å². The second-order valence-corrected chi connectivity index (χ2v) is 2.78. The first-order chi connectivity index (χ1) is 6.79. The van der Waals surface area contributed by atoms with Crippen molar-refractivity contribution in [2.45, 2.75) is 6.42 Å². The van der Waals surface area contributed by atoms with Crippen LogP contribution in [0, 0.1) is 17.1 Å². The van der Waals surface area contributed by atoms with Crippen molar-refractivity contribution in [3.05, 3.63) is 29.6 Å². The smallest absolute Gasteiger partial charge is 0.143 e. The highest BCUT2D eigenvalue weighted by Crippen LogP contribution is 2.17. The molecule has 0 heterocycles. The van der Waals surface area contributed by atoms with E-state index in [9.17, 15) is 4.39 Å². The lowest BCUT2D eigenvalue weighted by atomic mass is 10.2. The summed E-state index contributed by atoms with van der Waals surface area (Å²) in [6.07, 6.45) is 0.571. The fourth-order valence-electron chi connectivity index (χ4n) is 1.09. The zero-order valence-corrected chi connectivity index (χ0v) is 7.63. The first-order valence-corrected chi connectivity index (χ1v) is 4.33. The molecule has 0 spiro atoms. The summed E-state index contributed by atoms with van der Waals surface area (Å²) in [5.41, 5.74) is 0.492. The van der Waals surface area contributed by atoms with E-state index in [2.05, 4.69) is 5.32 Å². The van der Waals surface area contributed by atoms with E-state index < -0.39 is 5.82 Å². The Bertz CT molecular complexity index is 346. The minimum absolute atomic E-state index is 0.0189. The number of hydrogen-bond acceptors (Lipinski definition) is 3. The van der Waals surface area contributed by atoms with Crippen LogP contribution >= 0.6 is 0 Å². The Hall–Kier alpha value is -1.60. The maximum absolute atomic E-state index is 13.0. The van der Waals surface area contributed by atoms with Crippen molar-refractivity contribution in [2.24, 2.45) is 0 Å². The Morgan fingerprint density at radius 3 is 2.93 bits per heavy atom. The highest BCUT2D eigenvalue weighted by atomic mass is 19.1. The van der Waals surface area contributed by atoms with Gasteiger partial charge in [0.15, 0.2) is 0 Å².